The van der Waals surface area contributed by atoms with E-state index in [4.69, 9.17) is 0 Å². The highest BCUT2D eigenvalue weighted by molar-refractivity contribution is 8.00. The molecule has 0 radical (unpaired) electrons. The Bertz CT molecular complexity index is 1200. The molecule has 1 N–H and O–H groups in total. The van der Waals surface area contributed by atoms with Crippen molar-refractivity contribution in [1.29, 1.82) is 0 Å². The molecule has 156 valence electrons. The number of carbonyl (C=O) groups excluding carboxylic acids is 1. The number of rotatable bonds is 6. The van der Waals surface area contributed by atoms with E-state index in [0.717, 1.165) is 28.2 Å². The van der Waals surface area contributed by atoms with E-state index < -0.39 is 0 Å². The second-order valence-electron chi connectivity index (χ2n) is 7.40. The maximum absolute atomic E-state index is 12.9. The van der Waals surface area contributed by atoms with E-state index in [1.807, 2.05) is 85.3 Å². The summed E-state index contributed by atoms with van der Waals surface area (Å²) >= 11 is 1.40. The van der Waals surface area contributed by atoms with Gasteiger partial charge in [-0.25, -0.2) is 0 Å². The third kappa shape index (κ3) is 4.70. The van der Waals surface area contributed by atoms with Gasteiger partial charge in [0.1, 0.15) is 0 Å². The maximum atomic E-state index is 12.9. The van der Waals surface area contributed by atoms with Gasteiger partial charge in [-0.1, -0.05) is 84.1 Å². The van der Waals surface area contributed by atoms with E-state index in [9.17, 15) is 4.79 Å². The first kappa shape index (κ1) is 20.9. The molecular weight excluding hydrogens is 404 g/mol. The van der Waals surface area contributed by atoms with E-state index >= 15 is 0 Å². The van der Waals surface area contributed by atoms with Crippen LogP contribution in [0, 0.1) is 6.92 Å². The van der Waals surface area contributed by atoms with Gasteiger partial charge >= 0.3 is 0 Å². The number of anilines is 1. The highest BCUT2D eigenvalue weighted by atomic mass is 32.2. The minimum atomic E-state index is -0.336. The number of thioether (sulfide) groups is 1. The summed E-state index contributed by atoms with van der Waals surface area (Å²) in [6.07, 6.45) is 0. The van der Waals surface area contributed by atoms with Crippen molar-refractivity contribution < 1.29 is 4.79 Å². The number of benzene rings is 3. The number of aryl methyl sites for hydroxylation is 1. The van der Waals surface area contributed by atoms with Crippen LogP contribution in [0.3, 0.4) is 0 Å². The standard InChI is InChI=1S/C25H24N4OS/c1-17-10-9-13-20(16-17)23-27-28-25(29(23)3)31-18(2)24(30)26-22-15-8-7-14-21(22)19-11-5-4-6-12-19/h4-16,18H,1-3H3,(H,26,30). The fourth-order valence-corrected chi connectivity index (χ4v) is 4.18. The zero-order valence-corrected chi connectivity index (χ0v) is 18.6. The van der Waals surface area contributed by atoms with Crippen LogP contribution >= 0.6 is 11.8 Å². The van der Waals surface area contributed by atoms with Crippen LogP contribution in [-0.4, -0.2) is 25.9 Å². The molecule has 31 heavy (non-hydrogen) atoms. The second kappa shape index (κ2) is 9.18. The van der Waals surface area contributed by atoms with Gasteiger partial charge in [0.25, 0.3) is 0 Å². The lowest BCUT2D eigenvalue weighted by molar-refractivity contribution is -0.115. The number of amides is 1. The molecule has 0 bridgehead atoms. The Balaban J connectivity index is 1.50. The number of nitrogens with one attached hydrogen (secondary N) is 1. The molecule has 0 aliphatic heterocycles. The van der Waals surface area contributed by atoms with E-state index in [1.165, 1.54) is 17.3 Å². The first-order valence-electron chi connectivity index (χ1n) is 10.1. The minimum absolute atomic E-state index is 0.0755. The first-order valence-corrected chi connectivity index (χ1v) is 11.0. The van der Waals surface area contributed by atoms with Gasteiger partial charge in [-0.2, -0.15) is 0 Å². The summed E-state index contributed by atoms with van der Waals surface area (Å²) in [5.74, 6) is 0.710. The average molecular weight is 429 g/mol. The van der Waals surface area contributed by atoms with Gasteiger partial charge in [0, 0.05) is 23.9 Å². The van der Waals surface area contributed by atoms with Gasteiger partial charge in [0.15, 0.2) is 11.0 Å². The lowest BCUT2D eigenvalue weighted by Crippen LogP contribution is -2.23. The van der Waals surface area contributed by atoms with Gasteiger partial charge in [0.05, 0.1) is 5.25 Å². The minimum Gasteiger partial charge on any atom is -0.325 e. The summed E-state index contributed by atoms with van der Waals surface area (Å²) in [5, 5.41) is 12.1. The van der Waals surface area contributed by atoms with Crippen LogP contribution < -0.4 is 5.32 Å². The Morgan fingerprint density at radius 2 is 1.65 bits per heavy atom. The lowest BCUT2D eigenvalue weighted by Gasteiger charge is -2.15. The van der Waals surface area contributed by atoms with E-state index in [0.29, 0.717) is 5.16 Å². The third-order valence-electron chi connectivity index (χ3n) is 5.03. The van der Waals surface area contributed by atoms with E-state index in [-0.39, 0.29) is 11.2 Å². The van der Waals surface area contributed by atoms with Crippen molar-refractivity contribution in [1.82, 2.24) is 14.8 Å². The van der Waals surface area contributed by atoms with Gasteiger partial charge in [0.2, 0.25) is 5.91 Å². The number of nitrogens with zero attached hydrogens (tertiary/aromatic N) is 3. The normalized spacial score (nSPS) is 11.8. The van der Waals surface area contributed by atoms with Crippen molar-refractivity contribution in [2.75, 3.05) is 5.32 Å². The van der Waals surface area contributed by atoms with Crippen LogP contribution in [-0.2, 0) is 11.8 Å². The van der Waals surface area contributed by atoms with Gasteiger partial charge < -0.3 is 9.88 Å². The van der Waals surface area contributed by atoms with Crippen LogP contribution in [0.4, 0.5) is 5.69 Å². The SMILES string of the molecule is Cc1cccc(-c2nnc(SC(C)C(=O)Nc3ccccc3-c3ccccc3)n2C)c1. The quantitative estimate of drug-likeness (QED) is 0.408. The molecule has 6 heteroatoms. The summed E-state index contributed by atoms with van der Waals surface area (Å²) < 4.78 is 1.93. The number of aromatic nitrogens is 3. The molecule has 5 nitrogen and oxygen atoms in total. The largest absolute Gasteiger partial charge is 0.325 e. The number of para-hydroxylation sites is 1. The Kier molecular flexibility index (Phi) is 6.18. The molecule has 0 saturated heterocycles. The number of carbonyl (C=O) groups is 1. The van der Waals surface area contributed by atoms with Crippen molar-refractivity contribution in [2.45, 2.75) is 24.3 Å². The van der Waals surface area contributed by atoms with Gasteiger partial charge in [-0.3, -0.25) is 4.79 Å². The molecule has 3 aromatic carbocycles. The van der Waals surface area contributed by atoms with Crippen LogP contribution in [0.25, 0.3) is 22.5 Å². The average Bonchev–Trinajstić information content (AvgIpc) is 3.14. The van der Waals surface area contributed by atoms with Crippen molar-refractivity contribution in [3.8, 4) is 22.5 Å². The fourth-order valence-electron chi connectivity index (χ4n) is 3.36. The topological polar surface area (TPSA) is 59.8 Å². The summed E-state index contributed by atoms with van der Waals surface area (Å²) in [4.78, 5) is 12.9. The maximum Gasteiger partial charge on any atom is 0.237 e. The Hall–Kier alpha value is -3.38. The zero-order valence-electron chi connectivity index (χ0n) is 17.7. The van der Waals surface area contributed by atoms with Crippen LogP contribution in [0.2, 0.25) is 0 Å². The molecule has 0 aliphatic rings. The fraction of sp³-hybridized carbons (Fsp3) is 0.160. The molecule has 1 heterocycles. The molecule has 1 unspecified atom stereocenters. The van der Waals surface area contributed by atoms with Crippen LogP contribution in [0.5, 0.6) is 0 Å². The molecule has 0 fully saturated rings. The van der Waals surface area contributed by atoms with Gasteiger partial charge in [-0.15, -0.1) is 10.2 Å². The molecule has 1 atom stereocenters. The highest BCUT2D eigenvalue weighted by Gasteiger charge is 2.20. The molecule has 1 amide bonds. The number of hydrogen-bond donors (Lipinski definition) is 1. The molecule has 0 spiro atoms. The lowest BCUT2D eigenvalue weighted by atomic mass is 10.0. The molecule has 4 rings (SSSR count). The third-order valence-corrected chi connectivity index (χ3v) is 6.17. The highest BCUT2D eigenvalue weighted by Crippen LogP contribution is 2.30. The van der Waals surface area contributed by atoms with E-state index in [1.54, 1.807) is 0 Å². The van der Waals surface area contributed by atoms with Crippen molar-refractivity contribution in [3.05, 3.63) is 84.4 Å². The summed E-state index contributed by atoms with van der Waals surface area (Å²) in [6, 6.07) is 26.0. The van der Waals surface area contributed by atoms with Gasteiger partial charge in [-0.05, 0) is 31.5 Å². The molecule has 0 aliphatic carbocycles. The predicted molar refractivity (Wildman–Crippen MR) is 127 cm³/mol. The smallest absolute Gasteiger partial charge is 0.237 e. The molecular formula is C25H24N4OS. The van der Waals surface area contributed by atoms with Crippen LogP contribution in [0.15, 0.2) is 84.0 Å². The summed E-state index contributed by atoms with van der Waals surface area (Å²) in [7, 11) is 1.93. The summed E-state index contributed by atoms with van der Waals surface area (Å²) in [5.41, 5.74) is 5.03. The summed E-state index contributed by atoms with van der Waals surface area (Å²) in [6.45, 7) is 3.93. The monoisotopic (exact) mass is 428 g/mol. The van der Waals surface area contributed by atoms with Crippen molar-refractivity contribution in [3.63, 3.8) is 0 Å². The Morgan fingerprint density at radius 1 is 0.935 bits per heavy atom. The molecule has 4 aromatic rings. The number of hydrogen-bond acceptors (Lipinski definition) is 4. The Morgan fingerprint density at radius 3 is 2.42 bits per heavy atom. The van der Waals surface area contributed by atoms with Crippen LogP contribution in [0.1, 0.15) is 12.5 Å². The molecule has 1 aromatic heterocycles. The van der Waals surface area contributed by atoms with Crippen molar-refractivity contribution in [2.24, 2.45) is 7.05 Å². The van der Waals surface area contributed by atoms with E-state index in [2.05, 4.69) is 34.6 Å². The second-order valence-corrected chi connectivity index (χ2v) is 8.70. The zero-order chi connectivity index (χ0) is 21.8. The Labute approximate surface area is 186 Å². The first-order chi connectivity index (χ1) is 15.0. The van der Waals surface area contributed by atoms with Crippen molar-refractivity contribution >= 4 is 23.4 Å². The predicted octanol–water partition coefficient (Wildman–Crippen LogP) is 5.58. The molecule has 0 saturated carbocycles.